The van der Waals surface area contributed by atoms with Crippen LogP contribution in [0.4, 0.5) is 0 Å². The van der Waals surface area contributed by atoms with Gasteiger partial charge >= 0.3 is 0 Å². The molecule has 0 aliphatic carbocycles. The second kappa shape index (κ2) is 5.85. The average molecular weight is 298 g/mol. The van der Waals surface area contributed by atoms with E-state index in [9.17, 15) is 4.79 Å². The summed E-state index contributed by atoms with van der Waals surface area (Å²) in [6.07, 6.45) is 2.93. The van der Waals surface area contributed by atoms with Crippen molar-refractivity contribution in [3.63, 3.8) is 0 Å². The first kappa shape index (κ1) is 14.9. The molecule has 0 spiro atoms. The van der Waals surface area contributed by atoms with Crippen LogP contribution >= 0.6 is 23.1 Å². The zero-order valence-electron chi connectivity index (χ0n) is 12.0. The molecule has 0 bridgehead atoms. The van der Waals surface area contributed by atoms with E-state index in [-0.39, 0.29) is 18.1 Å². The van der Waals surface area contributed by atoms with Gasteiger partial charge in [-0.3, -0.25) is 10.1 Å². The lowest BCUT2D eigenvalue weighted by molar-refractivity contribution is -0.134. The Morgan fingerprint density at radius 1 is 1.63 bits per heavy atom. The number of nitrogens with zero attached hydrogens (tertiary/aromatic N) is 1. The van der Waals surface area contributed by atoms with Crippen LogP contribution in [0.3, 0.4) is 0 Å². The summed E-state index contributed by atoms with van der Waals surface area (Å²) < 4.78 is 0. The number of amides is 1. The van der Waals surface area contributed by atoms with Crippen LogP contribution in [0.5, 0.6) is 0 Å². The van der Waals surface area contributed by atoms with Crippen LogP contribution < -0.4 is 5.32 Å². The molecule has 0 aromatic carbocycles. The summed E-state index contributed by atoms with van der Waals surface area (Å²) in [5.41, 5.74) is -0.429. The maximum Gasteiger partial charge on any atom is 0.244 e. The van der Waals surface area contributed by atoms with E-state index >= 15 is 0 Å². The number of carbonyl (C=O) groups is 1. The van der Waals surface area contributed by atoms with Crippen molar-refractivity contribution >= 4 is 29.0 Å². The lowest BCUT2D eigenvalue weighted by Gasteiger charge is -2.29. The molecule has 1 aromatic heterocycles. The Morgan fingerprint density at radius 2 is 2.37 bits per heavy atom. The van der Waals surface area contributed by atoms with E-state index in [4.69, 9.17) is 0 Å². The Hall–Kier alpha value is -0.520. The first-order valence-electron chi connectivity index (χ1n) is 6.66. The van der Waals surface area contributed by atoms with Gasteiger partial charge in [-0.1, -0.05) is 13.0 Å². The highest BCUT2D eigenvalue weighted by atomic mass is 32.2. The van der Waals surface area contributed by atoms with Gasteiger partial charge in [0.05, 0.1) is 5.54 Å². The normalized spacial score (nSPS) is 28.9. The maximum absolute atomic E-state index is 12.7. The van der Waals surface area contributed by atoms with Crippen LogP contribution in [-0.4, -0.2) is 34.4 Å². The van der Waals surface area contributed by atoms with Crippen molar-refractivity contribution in [1.82, 2.24) is 10.2 Å². The first-order chi connectivity index (χ1) is 9.03. The lowest BCUT2D eigenvalue weighted by atomic mass is 9.99. The van der Waals surface area contributed by atoms with Gasteiger partial charge in [-0.15, -0.1) is 11.3 Å². The molecule has 106 valence electrons. The molecule has 1 aliphatic rings. The summed E-state index contributed by atoms with van der Waals surface area (Å²) in [5.74, 6) is 1.20. The van der Waals surface area contributed by atoms with Gasteiger partial charge in [0.1, 0.15) is 6.17 Å². The average Bonchev–Trinajstić information content (AvgIpc) is 2.98. The van der Waals surface area contributed by atoms with Crippen LogP contribution in [0.2, 0.25) is 0 Å². The third-order valence-corrected chi connectivity index (χ3v) is 5.58. The van der Waals surface area contributed by atoms with Gasteiger partial charge < -0.3 is 4.90 Å². The molecule has 2 rings (SSSR count). The fourth-order valence-corrected chi connectivity index (χ4v) is 3.94. The predicted octanol–water partition coefficient (Wildman–Crippen LogP) is 3.10. The number of thioether (sulfide) groups is 1. The van der Waals surface area contributed by atoms with Crippen molar-refractivity contribution in [2.45, 2.75) is 44.9 Å². The molecule has 1 saturated heterocycles. The molecule has 3 unspecified atom stereocenters. The molecule has 1 aliphatic heterocycles. The summed E-state index contributed by atoms with van der Waals surface area (Å²) in [5, 5.41) is 5.61. The Labute approximate surface area is 123 Å². The minimum atomic E-state index is -0.429. The van der Waals surface area contributed by atoms with Crippen molar-refractivity contribution in [2.24, 2.45) is 0 Å². The van der Waals surface area contributed by atoms with Crippen molar-refractivity contribution < 1.29 is 4.79 Å². The molecule has 2 heterocycles. The van der Waals surface area contributed by atoms with E-state index in [1.807, 2.05) is 17.9 Å². The molecule has 0 radical (unpaired) electrons. The van der Waals surface area contributed by atoms with Gasteiger partial charge in [0.25, 0.3) is 0 Å². The van der Waals surface area contributed by atoms with Crippen LogP contribution in [0, 0.1) is 0 Å². The lowest BCUT2D eigenvalue weighted by Crippen LogP contribution is -2.44. The molecule has 1 aromatic rings. The Morgan fingerprint density at radius 3 is 2.89 bits per heavy atom. The zero-order valence-corrected chi connectivity index (χ0v) is 13.6. The number of carbonyl (C=O) groups excluding carboxylic acids is 1. The zero-order chi connectivity index (χ0) is 14.0. The van der Waals surface area contributed by atoms with Gasteiger partial charge in [0.2, 0.25) is 5.91 Å². The first-order valence-corrected chi connectivity index (χ1v) is 8.93. The molecule has 1 amide bonds. The minimum Gasteiger partial charge on any atom is -0.317 e. The molecule has 3 atom stereocenters. The van der Waals surface area contributed by atoms with Crippen LogP contribution in [0.25, 0.3) is 0 Å². The number of nitrogens with one attached hydrogen (secondary N) is 1. The monoisotopic (exact) mass is 298 g/mol. The molecule has 19 heavy (non-hydrogen) atoms. The number of thiophene rings is 1. The Balaban J connectivity index is 2.32. The van der Waals surface area contributed by atoms with Gasteiger partial charge in [-0.05, 0) is 38.0 Å². The molecule has 1 N–H and O–H groups in total. The largest absolute Gasteiger partial charge is 0.317 e. The van der Waals surface area contributed by atoms with Crippen molar-refractivity contribution in [1.29, 1.82) is 0 Å². The van der Waals surface area contributed by atoms with E-state index in [0.717, 1.165) is 12.2 Å². The molecule has 5 heteroatoms. The number of rotatable bonds is 5. The van der Waals surface area contributed by atoms with Crippen molar-refractivity contribution in [3.8, 4) is 0 Å². The third kappa shape index (κ3) is 2.69. The van der Waals surface area contributed by atoms with Crippen LogP contribution in [0.15, 0.2) is 17.5 Å². The Kier molecular flexibility index (Phi) is 4.58. The topological polar surface area (TPSA) is 32.3 Å². The van der Waals surface area contributed by atoms with Gasteiger partial charge in [-0.2, -0.15) is 11.8 Å². The number of hydrogen-bond donors (Lipinski definition) is 1. The summed E-state index contributed by atoms with van der Waals surface area (Å²) in [4.78, 5) is 16.0. The standard InChI is InChI=1S/C14H22N2OS2/c1-5-14(3)13(17)16(10(2)9-18-4)12(15-14)11-7-6-8-19-11/h6-8,10,12,15H,5,9H2,1-4H3. The highest BCUT2D eigenvalue weighted by molar-refractivity contribution is 7.98. The molecular formula is C14H22N2OS2. The van der Waals surface area contributed by atoms with Crippen molar-refractivity contribution in [2.75, 3.05) is 12.0 Å². The van der Waals surface area contributed by atoms with Crippen LogP contribution in [-0.2, 0) is 4.79 Å². The molecule has 0 saturated carbocycles. The Bertz CT molecular complexity index is 435. The van der Waals surface area contributed by atoms with Gasteiger partial charge in [0, 0.05) is 16.7 Å². The van der Waals surface area contributed by atoms with Crippen molar-refractivity contribution in [3.05, 3.63) is 22.4 Å². The summed E-state index contributed by atoms with van der Waals surface area (Å²) in [6.45, 7) is 6.22. The molecule has 3 nitrogen and oxygen atoms in total. The summed E-state index contributed by atoms with van der Waals surface area (Å²) in [7, 11) is 0. The second-order valence-corrected chi connectivity index (χ2v) is 7.15. The van der Waals surface area contributed by atoms with Crippen LogP contribution in [0.1, 0.15) is 38.2 Å². The second-order valence-electron chi connectivity index (χ2n) is 5.26. The highest BCUT2D eigenvalue weighted by Crippen LogP contribution is 2.36. The van der Waals surface area contributed by atoms with Gasteiger partial charge in [0.15, 0.2) is 0 Å². The highest BCUT2D eigenvalue weighted by Gasteiger charge is 2.48. The predicted molar refractivity (Wildman–Crippen MR) is 83.6 cm³/mol. The smallest absolute Gasteiger partial charge is 0.244 e. The molecular weight excluding hydrogens is 276 g/mol. The van der Waals surface area contributed by atoms with E-state index in [2.05, 4.69) is 36.9 Å². The SMILES string of the molecule is CCC1(C)NC(c2cccs2)N(C(C)CSC)C1=O. The third-order valence-electron chi connectivity index (χ3n) is 3.84. The minimum absolute atomic E-state index is 0.0274. The van der Waals surface area contributed by atoms with Gasteiger partial charge in [-0.25, -0.2) is 0 Å². The quantitative estimate of drug-likeness (QED) is 0.906. The summed E-state index contributed by atoms with van der Waals surface area (Å²) >= 11 is 3.50. The number of hydrogen-bond acceptors (Lipinski definition) is 4. The van der Waals surface area contributed by atoms with E-state index < -0.39 is 5.54 Å². The fraction of sp³-hybridized carbons (Fsp3) is 0.643. The fourth-order valence-electron chi connectivity index (χ4n) is 2.52. The molecule has 1 fully saturated rings. The maximum atomic E-state index is 12.7. The van der Waals surface area contributed by atoms with E-state index in [0.29, 0.717) is 0 Å². The van der Waals surface area contributed by atoms with E-state index in [1.165, 1.54) is 4.88 Å². The summed E-state index contributed by atoms with van der Waals surface area (Å²) in [6, 6.07) is 4.40. The van der Waals surface area contributed by atoms with E-state index in [1.54, 1.807) is 23.1 Å².